The molecule has 0 atom stereocenters. The van der Waals surface area contributed by atoms with Crippen molar-refractivity contribution >= 4 is 33.1 Å². The number of aliphatic hydroxyl groups excluding tert-OH is 2. The molecule has 0 saturated carbocycles. The molecule has 7 heteroatoms. The number of thiophene rings is 1. The zero-order valence-corrected chi connectivity index (χ0v) is 12.9. The largest absolute Gasteiger partial charge is 0.397 e. The first kappa shape index (κ1) is 15.7. The lowest BCUT2D eigenvalue weighted by Crippen LogP contribution is -2.35. The zero-order chi connectivity index (χ0) is 15.6. The van der Waals surface area contributed by atoms with Crippen molar-refractivity contribution in [1.29, 1.82) is 0 Å². The van der Waals surface area contributed by atoms with Gasteiger partial charge in [0.1, 0.15) is 9.71 Å². The van der Waals surface area contributed by atoms with Crippen molar-refractivity contribution in [2.45, 2.75) is 13.8 Å². The number of nitrogen functional groups attached to an aromatic ring is 1. The molecule has 6 nitrogen and oxygen atoms in total. The molecule has 0 spiro atoms. The van der Waals surface area contributed by atoms with E-state index in [0.29, 0.717) is 10.6 Å². The summed E-state index contributed by atoms with van der Waals surface area (Å²) in [6.07, 6.45) is 0. The molecule has 1 amide bonds. The topological polar surface area (TPSA) is 99.7 Å². The van der Waals surface area contributed by atoms with Gasteiger partial charge in [0.15, 0.2) is 0 Å². The lowest BCUT2D eigenvalue weighted by Gasteiger charge is -2.20. The van der Waals surface area contributed by atoms with Crippen LogP contribution < -0.4 is 5.73 Å². The van der Waals surface area contributed by atoms with Crippen LogP contribution in [0.1, 0.15) is 20.9 Å². The van der Waals surface area contributed by atoms with Crippen LogP contribution >= 0.6 is 11.3 Å². The van der Waals surface area contributed by atoms with Gasteiger partial charge in [0.05, 0.1) is 18.9 Å². The van der Waals surface area contributed by atoms with Gasteiger partial charge in [-0.3, -0.25) is 4.79 Å². The number of amides is 1. The number of aryl methyl sites for hydroxylation is 2. The van der Waals surface area contributed by atoms with Crippen LogP contribution in [0.15, 0.2) is 6.07 Å². The fraction of sp³-hybridized carbons (Fsp3) is 0.429. The fourth-order valence-electron chi connectivity index (χ4n) is 2.33. The van der Waals surface area contributed by atoms with Gasteiger partial charge in [-0.1, -0.05) is 0 Å². The van der Waals surface area contributed by atoms with E-state index in [1.54, 1.807) is 0 Å². The van der Waals surface area contributed by atoms with Crippen molar-refractivity contribution in [2.75, 3.05) is 32.0 Å². The van der Waals surface area contributed by atoms with E-state index < -0.39 is 0 Å². The number of aliphatic hydroxyl groups is 2. The van der Waals surface area contributed by atoms with Gasteiger partial charge in [0.2, 0.25) is 0 Å². The van der Waals surface area contributed by atoms with E-state index in [1.807, 2.05) is 19.9 Å². The lowest BCUT2D eigenvalue weighted by atomic mass is 10.1. The van der Waals surface area contributed by atoms with Gasteiger partial charge in [-0.15, -0.1) is 11.3 Å². The van der Waals surface area contributed by atoms with Gasteiger partial charge in [0, 0.05) is 24.2 Å². The van der Waals surface area contributed by atoms with Gasteiger partial charge in [0.25, 0.3) is 5.91 Å². The number of rotatable bonds is 5. The summed E-state index contributed by atoms with van der Waals surface area (Å²) in [6.45, 7) is 3.85. The smallest absolute Gasteiger partial charge is 0.266 e. The Labute approximate surface area is 126 Å². The van der Waals surface area contributed by atoms with Gasteiger partial charge < -0.3 is 20.8 Å². The molecule has 0 unspecified atom stereocenters. The third-order valence-electron chi connectivity index (χ3n) is 3.25. The number of nitrogens with two attached hydrogens (primary N) is 1. The van der Waals surface area contributed by atoms with Crippen LogP contribution in [0.4, 0.5) is 5.69 Å². The second kappa shape index (κ2) is 6.38. The minimum atomic E-state index is -0.282. The van der Waals surface area contributed by atoms with Crippen LogP contribution in [0.5, 0.6) is 0 Å². The number of anilines is 1. The Bertz CT molecular complexity index is 663. The summed E-state index contributed by atoms with van der Waals surface area (Å²) in [4.78, 5) is 19.5. The molecular formula is C14H19N3O3S. The van der Waals surface area contributed by atoms with Crippen molar-refractivity contribution in [3.8, 4) is 0 Å². The Morgan fingerprint density at radius 2 is 1.95 bits per heavy atom. The van der Waals surface area contributed by atoms with E-state index in [0.717, 1.165) is 21.5 Å². The normalized spacial score (nSPS) is 11.0. The maximum Gasteiger partial charge on any atom is 0.266 e. The molecule has 0 radical (unpaired) electrons. The maximum atomic E-state index is 12.5. The number of aromatic nitrogens is 1. The Morgan fingerprint density at radius 1 is 1.33 bits per heavy atom. The van der Waals surface area contributed by atoms with E-state index in [2.05, 4.69) is 4.98 Å². The SMILES string of the molecule is Cc1cc(C)c2c(N)c(C(=O)N(CCO)CCO)sc2n1. The van der Waals surface area contributed by atoms with Gasteiger partial charge >= 0.3 is 0 Å². The average Bonchev–Trinajstić information content (AvgIpc) is 2.74. The molecule has 2 aromatic heterocycles. The van der Waals surface area contributed by atoms with E-state index in [-0.39, 0.29) is 32.2 Å². The van der Waals surface area contributed by atoms with Gasteiger partial charge in [-0.2, -0.15) is 0 Å². The fourth-order valence-corrected chi connectivity index (χ4v) is 3.51. The third-order valence-corrected chi connectivity index (χ3v) is 4.33. The Balaban J connectivity index is 2.48. The summed E-state index contributed by atoms with van der Waals surface area (Å²) < 4.78 is 0. The van der Waals surface area contributed by atoms with E-state index in [9.17, 15) is 4.79 Å². The molecule has 2 aromatic rings. The number of hydrogen-bond acceptors (Lipinski definition) is 6. The molecule has 0 fully saturated rings. The van der Waals surface area contributed by atoms with Crippen molar-refractivity contribution in [2.24, 2.45) is 0 Å². The molecule has 0 bridgehead atoms. The van der Waals surface area contributed by atoms with Crippen LogP contribution in [0, 0.1) is 13.8 Å². The van der Waals surface area contributed by atoms with Gasteiger partial charge in [-0.25, -0.2) is 4.98 Å². The molecule has 4 N–H and O–H groups in total. The third kappa shape index (κ3) is 2.99. The number of carbonyl (C=O) groups is 1. The van der Waals surface area contributed by atoms with Crippen molar-refractivity contribution in [1.82, 2.24) is 9.88 Å². The highest BCUT2D eigenvalue weighted by Crippen LogP contribution is 2.35. The van der Waals surface area contributed by atoms with Crippen molar-refractivity contribution in [3.63, 3.8) is 0 Å². The predicted molar refractivity (Wildman–Crippen MR) is 83.6 cm³/mol. The minimum Gasteiger partial charge on any atom is -0.397 e. The predicted octanol–water partition coefficient (Wildman–Crippen LogP) is 0.922. The summed E-state index contributed by atoms with van der Waals surface area (Å²) in [5, 5.41) is 18.9. The first-order valence-electron chi connectivity index (χ1n) is 6.66. The van der Waals surface area contributed by atoms with Crippen molar-refractivity contribution < 1.29 is 15.0 Å². The Hall–Kier alpha value is -1.70. The summed E-state index contributed by atoms with van der Waals surface area (Å²) >= 11 is 1.25. The molecule has 21 heavy (non-hydrogen) atoms. The first-order valence-corrected chi connectivity index (χ1v) is 7.48. The first-order chi connectivity index (χ1) is 9.99. The minimum absolute atomic E-state index is 0.160. The monoisotopic (exact) mass is 309 g/mol. The number of hydrogen-bond donors (Lipinski definition) is 3. The average molecular weight is 309 g/mol. The summed E-state index contributed by atoms with van der Waals surface area (Å²) in [5.41, 5.74) is 8.41. The summed E-state index contributed by atoms with van der Waals surface area (Å²) in [6, 6.07) is 1.93. The highest BCUT2D eigenvalue weighted by molar-refractivity contribution is 7.21. The molecule has 2 rings (SSSR count). The van der Waals surface area contributed by atoms with Gasteiger partial charge in [-0.05, 0) is 25.5 Å². The molecule has 2 heterocycles. The summed E-state index contributed by atoms with van der Waals surface area (Å²) in [7, 11) is 0. The lowest BCUT2D eigenvalue weighted by molar-refractivity contribution is 0.0690. The quantitative estimate of drug-likeness (QED) is 0.763. The van der Waals surface area contributed by atoms with Crippen LogP contribution in [0.25, 0.3) is 10.2 Å². The molecule has 0 aromatic carbocycles. The second-order valence-electron chi connectivity index (χ2n) is 4.84. The molecule has 0 saturated heterocycles. The Kier molecular flexibility index (Phi) is 4.76. The number of fused-ring (bicyclic) bond motifs is 1. The van der Waals surface area contributed by atoms with Crippen LogP contribution in [0.2, 0.25) is 0 Å². The maximum absolute atomic E-state index is 12.5. The van der Waals surface area contributed by atoms with E-state index in [4.69, 9.17) is 15.9 Å². The standard InChI is InChI=1S/C14H19N3O3S/c1-8-7-9(2)16-13-10(8)11(15)12(21-13)14(20)17(3-5-18)4-6-19/h7,18-19H,3-6,15H2,1-2H3. The van der Waals surface area contributed by atoms with Crippen molar-refractivity contribution in [3.05, 3.63) is 22.2 Å². The molecular weight excluding hydrogens is 290 g/mol. The number of nitrogens with zero attached hydrogens (tertiary/aromatic N) is 2. The zero-order valence-electron chi connectivity index (χ0n) is 12.1. The molecule has 0 aliphatic heterocycles. The number of pyridine rings is 1. The summed E-state index contributed by atoms with van der Waals surface area (Å²) in [5.74, 6) is -0.282. The van der Waals surface area contributed by atoms with Crippen LogP contribution in [0.3, 0.4) is 0 Å². The van der Waals surface area contributed by atoms with E-state index in [1.165, 1.54) is 16.2 Å². The molecule has 0 aliphatic carbocycles. The Morgan fingerprint density at radius 3 is 2.52 bits per heavy atom. The molecule has 0 aliphatic rings. The van der Waals surface area contributed by atoms with Crippen LogP contribution in [-0.4, -0.2) is 52.3 Å². The highest BCUT2D eigenvalue weighted by Gasteiger charge is 2.23. The van der Waals surface area contributed by atoms with E-state index >= 15 is 0 Å². The second-order valence-corrected chi connectivity index (χ2v) is 5.84. The molecule has 114 valence electrons. The number of carbonyl (C=O) groups excluding carboxylic acids is 1. The van der Waals surface area contributed by atoms with Crippen LogP contribution in [-0.2, 0) is 0 Å². The highest BCUT2D eigenvalue weighted by atomic mass is 32.1.